The van der Waals surface area contributed by atoms with E-state index in [1.165, 1.54) is 11.6 Å². The standard InChI is InChI=1S/C18H18FNO2/c1-12(21)20-9-8-13-6-7-14(10-15(13)11-20)18(22)16-4-2-3-5-17(16)19/h2-7,10,18,22H,8-9,11H2,1H3. The molecule has 1 aliphatic rings. The maximum absolute atomic E-state index is 13.8. The summed E-state index contributed by atoms with van der Waals surface area (Å²) in [6, 6.07) is 11.9. The van der Waals surface area contributed by atoms with Gasteiger partial charge in [-0.25, -0.2) is 4.39 Å². The molecule has 0 saturated carbocycles. The smallest absolute Gasteiger partial charge is 0.219 e. The summed E-state index contributed by atoms with van der Waals surface area (Å²) in [7, 11) is 0. The third-order valence-electron chi connectivity index (χ3n) is 4.20. The average Bonchev–Trinajstić information content (AvgIpc) is 2.53. The Morgan fingerprint density at radius 2 is 2.00 bits per heavy atom. The summed E-state index contributed by atoms with van der Waals surface area (Å²) in [5.41, 5.74) is 3.12. The first-order valence-electron chi connectivity index (χ1n) is 7.36. The Hall–Kier alpha value is -2.20. The molecule has 1 aliphatic heterocycles. The number of hydrogen-bond donors (Lipinski definition) is 1. The number of amides is 1. The van der Waals surface area contributed by atoms with Crippen LogP contribution in [0.5, 0.6) is 0 Å². The molecule has 0 spiro atoms. The highest BCUT2D eigenvalue weighted by Crippen LogP contribution is 2.28. The van der Waals surface area contributed by atoms with Gasteiger partial charge in [0.2, 0.25) is 5.91 Å². The maximum atomic E-state index is 13.8. The topological polar surface area (TPSA) is 40.5 Å². The molecule has 0 aromatic heterocycles. The minimum absolute atomic E-state index is 0.0469. The van der Waals surface area contributed by atoms with E-state index >= 15 is 0 Å². The van der Waals surface area contributed by atoms with E-state index in [-0.39, 0.29) is 11.5 Å². The van der Waals surface area contributed by atoms with Crippen LogP contribution in [0.1, 0.15) is 35.3 Å². The Morgan fingerprint density at radius 3 is 2.73 bits per heavy atom. The molecule has 2 aromatic carbocycles. The van der Waals surface area contributed by atoms with E-state index < -0.39 is 11.9 Å². The van der Waals surface area contributed by atoms with Crippen molar-refractivity contribution in [1.29, 1.82) is 0 Å². The molecular weight excluding hydrogens is 281 g/mol. The van der Waals surface area contributed by atoms with E-state index in [4.69, 9.17) is 0 Å². The molecule has 1 atom stereocenters. The quantitative estimate of drug-likeness (QED) is 0.926. The van der Waals surface area contributed by atoms with Gasteiger partial charge in [0.05, 0.1) is 0 Å². The maximum Gasteiger partial charge on any atom is 0.219 e. The van der Waals surface area contributed by atoms with Crippen LogP contribution in [0.25, 0.3) is 0 Å². The van der Waals surface area contributed by atoms with Gasteiger partial charge >= 0.3 is 0 Å². The summed E-state index contributed by atoms with van der Waals surface area (Å²) in [4.78, 5) is 13.3. The average molecular weight is 299 g/mol. The van der Waals surface area contributed by atoms with Crippen molar-refractivity contribution in [2.24, 2.45) is 0 Å². The molecule has 2 aromatic rings. The lowest BCUT2D eigenvalue weighted by Crippen LogP contribution is -2.34. The van der Waals surface area contributed by atoms with Gasteiger partial charge in [0, 0.05) is 25.6 Å². The third kappa shape index (κ3) is 2.74. The highest BCUT2D eigenvalue weighted by Gasteiger charge is 2.21. The molecule has 0 fully saturated rings. The normalized spacial score (nSPS) is 15.3. The van der Waals surface area contributed by atoms with Crippen LogP contribution in [0.15, 0.2) is 42.5 Å². The number of rotatable bonds is 2. The largest absolute Gasteiger partial charge is 0.384 e. The molecule has 1 N–H and O–H groups in total. The number of aliphatic hydroxyl groups excluding tert-OH is 1. The van der Waals surface area contributed by atoms with E-state index in [0.29, 0.717) is 12.1 Å². The number of aliphatic hydroxyl groups is 1. The van der Waals surface area contributed by atoms with Gasteiger partial charge in [-0.1, -0.05) is 36.4 Å². The number of benzene rings is 2. The summed E-state index contributed by atoms with van der Waals surface area (Å²) in [5.74, 6) is -0.371. The number of carbonyl (C=O) groups excluding carboxylic acids is 1. The van der Waals surface area contributed by atoms with Gasteiger partial charge in [-0.2, -0.15) is 0 Å². The van der Waals surface area contributed by atoms with Crippen molar-refractivity contribution in [3.63, 3.8) is 0 Å². The Morgan fingerprint density at radius 1 is 1.23 bits per heavy atom. The Kier molecular flexibility index (Phi) is 3.94. The molecule has 1 unspecified atom stereocenters. The van der Waals surface area contributed by atoms with Crippen LogP contribution in [0.3, 0.4) is 0 Å². The van der Waals surface area contributed by atoms with E-state index in [2.05, 4.69) is 0 Å². The van der Waals surface area contributed by atoms with Crippen LogP contribution in [0.4, 0.5) is 4.39 Å². The lowest BCUT2D eigenvalue weighted by molar-refractivity contribution is -0.129. The van der Waals surface area contributed by atoms with E-state index in [1.54, 1.807) is 30.0 Å². The summed E-state index contributed by atoms with van der Waals surface area (Å²) in [6.45, 7) is 2.82. The molecule has 1 heterocycles. The molecule has 22 heavy (non-hydrogen) atoms. The van der Waals surface area contributed by atoms with Gasteiger partial charge in [0.25, 0.3) is 0 Å². The fourth-order valence-electron chi connectivity index (χ4n) is 2.89. The third-order valence-corrected chi connectivity index (χ3v) is 4.20. The van der Waals surface area contributed by atoms with Gasteiger partial charge in [-0.15, -0.1) is 0 Å². The van der Waals surface area contributed by atoms with Crippen LogP contribution >= 0.6 is 0 Å². The number of carbonyl (C=O) groups is 1. The second-order valence-corrected chi connectivity index (χ2v) is 5.64. The van der Waals surface area contributed by atoms with E-state index in [1.807, 2.05) is 18.2 Å². The van der Waals surface area contributed by atoms with Gasteiger partial charge < -0.3 is 10.0 Å². The first-order chi connectivity index (χ1) is 10.6. The predicted octanol–water partition coefficient (Wildman–Crippen LogP) is 2.81. The van der Waals surface area contributed by atoms with Crippen molar-refractivity contribution in [2.75, 3.05) is 6.54 Å². The molecule has 1 amide bonds. The van der Waals surface area contributed by atoms with Crippen molar-refractivity contribution in [3.8, 4) is 0 Å². The van der Waals surface area contributed by atoms with E-state index in [0.717, 1.165) is 18.5 Å². The Bertz CT molecular complexity index is 714. The van der Waals surface area contributed by atoms with Crippen LogP contribution in [0.2, 0.25) is 0 Å². The molecule has 3 rings (SSSR count). The van der Waals surface area contributed by atoms with Gasteiger partial charge in [0.15, 0.2) is 0 Å². The predicted molar refractivity (Wildman–Crippen MR) is 81.7 cm³/mol. The van der Waals surface area contributed by atoms with Crippen molar-refractivity contribution < 1.29 is 14.3 Å². The van der Waals surface area contributed by atoms with Crippen molar-refractivity contribution >= 4 is 5.91 Å². The number of fused-ring (bicyclic) bond motifs is 1. The minimum atomic E-state index is -1.00. The summed E-state index contributed by atoms with van der Waals surface area (Å²) in [5, 5.41) is 10.4. The second kappa shape index (κ2) is 5.89. The van der Waals surface area contributed by atoms with Crippen molar-refractivity contribution in [3.05, 3.63) is 70.5 Å². The lowest BCUT2D eigenvalue weighted by atomic mass is 9.93. The van der Waals surface area contributed by atoms with Crippen LogP contribution in [0, 0.1) is 5.82 Å². The molecule has 0 aliphatic carbocycles. The molecule has 114 valence electrons. The van der Waals surface area contributed by atoms with Crippen molar-refractivity contribution in [2.45, 2.75) is 26.0 Å². The summed E-state index contributed by atoms with van der Waals surface area (Å²) >= 11 is 0. The zero-order valence-electron chi connectivity index (χ0n) is 12.4. The highest BCUT2D eigenvalue weighted by molar-refractivity contribution is 5.73. The highest BCUT2D eigenvalue weighted by atomic mass is 19.1. The molecule has 3 nitrogen and oxygen atoms in total. The molecule has 0 saturated heterocycles. The van der Waals surface area contributed by atoms with Gasteiger partial charge in [-0.05, 0) is 29.2 Å². The minimum Gasteiger partial charge on any atom is -0.384 e. The molecule has 0 radical (unpaired) electrons. The molecule has 0 bridgehead atoms. The van der Waals surface area contributed by atoms with Crippen LogP contribution in [-0.2, 0) is 17.8 Å². The zero-order valence-corrected chi connectivity index (χ0v) is 12.4. The monoisotopic (exact) mass is 299 g/mol. The number of halogens is 1. The van der Waals surface area contributed by atoms with Gasteiger partial charge in [-0.3, -0.25) is 4.79 Å². The van der Waals surface area contributed by atoms with E-state index in [9.17, 15) is 14.3 Å². The van der Waals surface area contributed by atoms with Gasteiger partial charge in [0.1, 0.15) is 11.9 Å². The first kappa shape index (κ1) is 14.7. The first-order valence-corrected chi connectivity index (χ1v) is 7.36. The fourth-order valence-corrected chi connectivity index (χ4v) is 2.89. The molecular formula is C18H18FNO2. The van der Waals surface area contributed by atoms with Crippen LogP contribution < -0.4 is 0 Å². The second-order valence-electron chi connectivity index (χ2n) is 5.64. The Balaban J connectivity index is 1.92. The summed E-state index contributed by atoms with van der Waals surface area (Å²) < 4.78 is 13.8. The zero-order chi connectivity index (χ0) is 15.7. The molecule has 4 heteroatoms. The lowest BCUT2D eigenvalue weighted by Gasteiger charge is -2.28. The summed E-state index contributed by atoms with van der Waals surface area (Å²) in [6.07, 6.45) is -0.190. The number of nitrogens with zero attached hydrogens (tertiary/aromatic N) is 1. The fraction of sp³-hybridized carbons (Fsp3) is 0.278. The Labute approximate surface area is 129 Å². The van der Waals surface area contributed by atoms with Crippen molar-refractivity contribution in [1.82, 2.24) is 4.90 Å². The SMILES string of the molecule is CC(=O)N1CCc2ccc(C(O)c3ccccc3F)cc2C1. The van der Waals surface area contributed by atoms with Crippen LogP contribution in [-0.4, -0.2) is 22.5 Å². The number of hydrogen-bond acceptors (Lipinski definition) is 2.